The van der Waals surface area contributed by atoms with Gasteiger partial charge in [-0.25, -0.2) is 4.79 Å². The summed E-state index contributed by atoms with van der Waals surface area (Å²) in [5.41, 5.74) is 1.62. The van der Waals surface area contributed by atoms with Crippen LogP contribution in [0.4, 0.5) is 10.5 Å². The monoisotopic (exact) mass is 308 g/mol. The second-order valence-electron chi connectivity index (χ2n) is 4.63. The number of halogens is 1. The zero-order valence-corrected chi connectivity index (χ0v) is 12.1. The van der Waals surface area contributed by atoms with E-state index in [0.717, 1.165) is 10.4 Å². The highest BCUT2D eigenvalue weighted by Gasteiger charge is 2.27. The molecule has 2 N–H and O–H groups in total. The van der Waals surface area contributed by atoms with Crippen LogP contribution in [0.5, 0.6) is 0 Å². The SMILES string of the molecule is O=C(Nc1ccc(Cl)cc1)N1Cc2sccc2C(O)C1. The Balaban J connectivity index is 1.71. The van der Waals surface area contributed by atoms with Gasteiger partial charge in [-0.1, -0.05) is 11.6 Å². The van der Waals surface area contributed by atoms with Crippen molar-refractivity contribution in [1.29, 1.82) is 0 Å². The Morgan fingerprint density at radius 3 is 2.85 bits per heavy atom. The Labute approximate surface area is 125 Å². The van der Waals surface area contributed by atoms with Crippen molar-refractivity contribution in [3.05, 3.63) is 51.2 Å². The summed E-state index contributed by atoms with van der Waals surface area (Å²) in [7, 11) is 0. The predicted octanol–water partition coefficient (Wildman–Crippen LogP) is 3.48. The van der Waals surface area contributed by atoms with Crippen molar-refractivity contribution < 1.29 is 9.90 Å². The number of hydrogen-bond donors (Lipinski definition) is 2. The molecule has 1 aliphatic heterocycles. The maximum atomic E-state index is 12.2. The average molecular weight is 309 g/mol. The number of urea groups is 1. The van der Waals surface area contributed by atoms with E-state index in [1.165, 1.54) is 0 Å². The van der Waals surface area contributed by atoms with Gasteiger partial charge in [-0.2, -0.15) is 0 Å². The summed E-state index contributed by atoms with van der Waals surface area (Å²) < 4.78 is 0. The minimum atomic E-state index is -0.610. The zero-order valence-electron chi connectivity index (χ0n) is 10.5. The quantitative estimate of drug-likeness (QED) is 0.847. The van der Waals surface area contributed by atoms with Crippen LogP contribution >= 0.6 is 22.9 Å². The summed E-state index contributed by atoms with van der Waals surface area (Å²) in [6, 6.07) is 8.64. The fraction of sp³-hybridized carbons (Fsp3) is 0.214. The van der Waals surface area contributed by atoms with Gasteiger partial charge in [0.05, 0.1) is 19.2 Å². The van der Waals surface area contributed by atoms with E-state index >= 15 is 0 Å². The van der Waals surface area contributed by atoms with Crippen LogP contribution in [0.1, 0.15) is 16.5 Å². The van der Waals surface area contributed by atoms with Crippen LogP contribution in [0.15, 0.2) is 35.7 Å². The molecule has 0 radical (unpaired) electrons. The highest BCUT2D eigenvalue weighted by atomic mass is 35.5. The number of β-amino-alcohol motifs (C(OH)–C–C–N with tert-alkyl or cyclic N) is 1. The van der Waals surface area contributed by atoms with E-state index in [4.69, 9.17) is 11.6 Å². The Hall–Kier alpha value is -1.56. The largest absolute Gasteiger partial charge is 0.387 e. The lowest BCUT2D eigenvalue weighted by atomic mass is 10.1. The molecule has 2 aromatic rings. The smallest absolute Gasteiger partial charge is 0.322 e. The van der Waals surface area contributed by atoms with E-state index in [0.29, 0.717) is 23.8 Å². The molecule has 1 unspecified atom stereocenters. The van der Waals surface area contributed by atoms with E-state index in [1.54, 1.807) is 40.5 Å². The number of nitrogens with one attached hydrogen (secondary N) is 1. The van der Waals surface area contributed by atoms with Gasteiger partial charge in [-0.05, 0) is 41.3 Å². The second kappa shape index (κ2) is 5.44. The number of nitrogens with zero attached hydrogens (tertiary/aromatic N) is 1. The lowest BCUT2D eigenvalue weighted by Gasteiger charge is -2.30. The Morgan fingerprint density at radius 2 is 2.10 bits per heavy atom. The van der Waals surface area contributed by atoms with Crippen LogP contribution in [-0.4, -0.2) is 22.6 Å². The fourth-order valence-corrected chi connectivity index (χ4v) is 3.29. The highest BCUT2D eigenvalue weighted by Crippen LogP contribution is 2.30. The first-order valence-electron chi connectivity index (χ1n) is 6.19. The first-order valence-corrected chi connectivity index (χ1v) is 7.45. The van der Waals surface area contributed by atoms with Gasteiger partial charge in [0.25, 0.3) is 0 Å². The van der Waals surface area contributed by atoms with E-state index < -0.39 is 6.10 Å². The predicted molar refractivity (Wildman–Crippen MR) is 80.2 cm³/mol. The summed E-state index contributed by atoms with van der Waals surface area (Å²) >= 11 is 7.36. The number of thiophene rings is 1. The molecule has 2 heterocycles. The number of benzene rings is 1. The first kappa shape index (κ1) is 13.4. The molecule has 0 aliphatic carbocycles. The maximum Gasteiger partial charge on any atom is 0.322 e. The van der Waals surface area contributed by atoms with Gasteiger partial charge in [-0.15, -0.1) is 11.3 Å². The van der Waals surface area contributed by atoms with Gasteiger partial charge in [0, 0.05) is 15.6 Å². The number of rotatable bonds is 1. The van der Waals surface area contributed by atoms with Crippen LogP contribution in [0.25, 0.3) is 0 Å². The molecule has 104 valence electrons. The molecular weight excluding hydrogens is 296 g/mol. The normalized spacial score (nSPS) is 17.7. The summed E-state index contributed by atoms with van der Waals surface area (Å²) in [6.07, 6.45) is -0.610. The number of aliphatic hydroxyl groups excluding tert-OH is 1. The number of hydrogen-bond acceptors (Lipinski definition) is 3. The summed E-state index contributed by atoms with van der Waals surface area (Å²) in [6.45, 7) is 0.840. The molecule has 1 aliphatic rings. The minimum Gasteiger partial charge on any atom is -0.387 e. The highest BCUT2D eigenvalue weighted by molar-refractivity contribution is 7.10. The Morgan fingerprint density at radius 1 is 1.35 bits per heavy atom. The molecule has 1 aromatic carbocycles. The van der Waals surface area contributed by atoms with Crippen LogP contribution < -0.4 is 5.32 Å². The van der Waals surface area contributed by atoms with E-state index in [2.05, 4.69) is 5.32 Å². The molecule has 0 fully saturated rings. The third kappa shape index (κ3) is 2.65. The Kier molecular flexibility index (Phi) is 3.65. The molecular formula is C14H13ClN2O2S. The number of anilines is 1. The van der Waals surface area contributed by atoms with Gasteiger partial charge in [-0.3, -0.25) is 0 Å². The fourth-order valence-electron chi connectivity index (χ4n) is 2.21. The third-order valence-corrected chi connectivity index (χ3v) is 4.42. The summed E-state index contributed by atoms with van der Waals surface area (Å²) in [5.74, 6) is 0. The van der Waals surface area contributed by atoms with Crippen LogP contribution in [-0.2, 0) is 6.54 Å². The van der Waals surface area contributed by atoms with Gasteiger partial charge in [0.15, 0.2) is 0 Å². The van der Waals surface area contributed by atoms with Crippen molar-refractivity contribution in [2.45, 2.75) is 12.6 Å². The average Bonchev–Trinajstić information content (AvgIpc) is 2.90. The topological polar surface area (TPSA) is 52.6 Å². The molecule has 1 aromatic heterocycles. The Bertz CT molecular complexity index is 626. The number of carbonyl (C=O) groups excluding carboxylic acids is 1. The molecule has 2 amide bonds. The van der Waals surface area contributed by atoms with Gasteiger partial charge in [0.1, 0.15) is 0 Å². The molecule has 0 saturated heterocycles. The molecule has 0 spiro atoms. The summed E-state index contributed by atoms with van der Waals surface area (Å²) in [5, 5.41) is 15.4. The number of carbonyl (C=O) groups is 1. The summed E-state index contributed by atoms with van der Waals surface area (Å²) in [4.78, 5) is 14.9. The molecule has 0 bridgehead atoms. The molecule has 0 saturated carbocycles. The number of aliphatic hydroxyl groups is 1. The van der Waals surface area contributed by atoms with E-state index in [9.17, 15) is 9.90 Å². The van der Waals surface area contributed by atoms with Crippen molar-refractivity contribution in [2.24, 2.45) is 0 Å². The number of fused-ring (bicyclic) bond motifs is 1. The van der Waals surface area contributed by atoms with E-state index in [-0.39, 0.29) is 6.03 Å². The standard InChI is InChI=1S/C14H13ClN2O2S/c15-9-1-3-10(4-2-9)16-14(19)17-7-12(18)11-5-6-20-13(11)8-17/h1-6,12,18H,7-8H2,(H,16,19). The van der Waals surface area contributed by atoms with Crippen molar-refractivity contribution in [3.8, 4) is 0 Å². The van der Waals surface area contributed by atoms with Gasteiger partial charge in [0.2, 0.25) is 0 Å². The lowest BCUT2D eigenvalue weighted by Crippen LogP contribution is -2.40. The van der Waals surface area contributed by atoms with Crippen molar-refractivity contribution in [3.63, 3.8) is 0 Å². The van der Waals surface area contributed by atoms with E-state index in [1.807, 2.05) is 11.4 Å². The molecule has 1 atom stereocenters. The van der Waals surface area contributed by atoms with Crippen LogP contribution in [0.2, 0.25) is 5.02 Å². The van der Waals surface area contributed by atoms with Crippen molar-refractivity contribution >= 4 is 34.7 Å². The zero-order chi connectivity index (χ0) is 14.1. The van der Waals surface area contributed by atoms with Crippen LogP contribution in [0, 0.1) is 0 Å². The second-order valence-corrected chi connectivity index (χ2v) is 6.07. The molecule has 4 nitrogen and oxygen atoms in total. The van der Waals surface area contributed by atoms with Gasteiger partial charge < -0.3 is 15.3 Å². The number of amides is 2. The first-order chi connectivity index (χ1) is 9.63. The van der Waals surface area contributed by atoms with Gasteiger partial charge >= 0.3 is 6.03 Å². The maximum absolute atomic E-state index is 12.2. The molecule has 20 heavy (non-hydrogen) atoms. The lowest BCUT2D eigenvalue weighted by molar-refractivity contribution is 0.111. The minimum absolute atomic E-state index is 0.217. The third-order valence-electron chi connectivity index (χ3n) is 3.25. The molecule has 3 rings (SSSR count). The molecule has 6 heteroatoms. The van der Waals surface area contributed by atoms with Crippen molar-refractivity contribution in [1.82, 2.24) is 4.90 Å². The van der Waals surface area contributed by atoms with Crippen molar-refractivity contribution in [2.75, 3.05) is 11.9 Å². The van der Waals surface area contributed by atoms with Crippen LogP contribution in [0.3, 0.4) is 0 Å².